The molecular formula is C24H28F3N3O. The molecule has 31 heavy (non-hydrogen) atoms. The Bertz CT molecular complexity index is 929. The van der Waals surface area contributed by atoms with Gasteiger partial charge in [-0.25, -0.2) is 0 Å². The zero-order chi connectivity index (χ0) is 22.2. The van der Waals surface area contributed by atoms with Crippen LogP contribution in [0.2, 0.25) is 0 Å². The summed E-state index contributed by atoms with van der Waals surface area (Å²) in [5.74, 6) is -0.178. The van der Waals surface area contributed by atoms with Crippen LogP contribution in [0.15, 0.2) is 48.5 Å². The molecule has 2 atom stereocenters. The summed E-state index contributed by atoms with van der Waals surface area (Å²) in [5, 5.41) is 3.01. The van der Waals surface area contributed by atoms with Crippen molar-refractivity contribution in [3.63, 3.8) is 0 Å². The number of amides is 1. The van der Waals surface area contributed by atoms with Gasteiger partial charge in [0.15, 0.2) is 0 Å². The molecular weight excluding hydrogens is 403 g/mol. The van der Waals surface area contributed by atoms with E-state index < -0.39 is 17.7 Å². The number of benzene rings is 2. The van der Waals surface area contributed by atoms with E-state index in [-0.39, 0.29) is 11.9 Å². The first kappa shape index (κ1) is 21.5. The number of rotatable bonds is 4. The van der Waals surface area contributed by atoms with Crippen LogP contribution in [0.25, 0.3) is 0 Å². The summed E-state index contributed by atoms with van der Waals surface area (Å²) in [4.78, 5) is 17.5. The maximum atomic E-state index is 13.3. The largest absolute Gasteiger partial charge is 0.416 e. The molecule has 0 saturated carbocycles. The van der Waals surface area contributed by atoms with Crippen LogP contribution < -0.4 is 15.1 Å². The molecule has 0 spiro atoms. The van der Waals surface area contributed by atoms with E-state index in [4.69, 9.17) is 0 Å². The zero-order valence-corrected chi connectivity index (χ0v) is 17.8. The van der Waals surface area contributed by atoms with E-state index >= 15 is 0 Å². The van der Waals surface area contributed by atoms with Crippen LogP contribution in [-0.2, 0) is 17.4 Å². The van der Waals surface area contributed by atoms with Gasteiger partial charge in [-0.1, -0.05) is 32.0 Å². The predicted molar refractivity (Wildman–Crippen MR) is 116 cm³/mol. The third-order valence-corrected chi connectivity index (χ3v) is 6.18. The molecule has 2 aromatic rings. The van der Waals surface area contributed by atoms with Crippen molar-refractivity contribution in [1.82, 2.24) is 5.32 Å². The molecule has 1 amide bonds. The number of piperazine rings is 1. The lowest BCUT2D eigenvalue weighted by Gasteiger charge is -2.49. The predicted octanol–water partition coefficient (Wildman–Crippen LogP) is 4.35. The first-order valence-corrected chi connectivity index (χ1v) is 10.8. The Morgan fingerprint density at radius 1 is 1.13 bits per heavy atom. The molecule has 7 heteroatoms. The fraction of sp³-hybridized carbons (Fsp3) is 0.458. The average molecular weight is 432 g/mol. The van der Waals surface area contributed by atoms with Gasteiger partial charge in [-0.3, -0.25) is 4.79 Å². The molecule has 0 radical (unpaired) electrons. The molecule has 2 aliphatic heterocycles. The molecule has 1 saturated heterocycles. The van der Waals surface area contributed by atoms with E-state index in [0.717, 1.165) is 24.0 Å². The molecule has 4 rings (SSSR count). The first-order valence-electron chi connectivity index (χ1n) is 10.8. The number of hydrogen-bond donors (Lipinski definition) is 1. The van der Waals surface area contributed by atoms with Gasteiger partial charge < -0.3 is 15.1 Å². The maximum Gasteiger partial charge on any atom is 0.416 e. The highest BCUT2D eigenvalue weighted by Gasteiger charge is 2.42. The molecule has 1 fully saturated rings. The van der Waals surface area contributed by atoms with Crippen molar-refractivity contribution in [2.45, 2.75) is 32.5 Å². The van der Waals surface area contributed by atoms with Gasteiger partial charge in [0.25, 0.3) is 0 Å². The minimum Gasteiger partial charge on any atom is -0.368 e. The molecule has 166 valence electrons. The number of nitrogens with zero attached hydrogens (tertiary/aromatic N) is 2. The van der Waals surface area contributed by atoms with Crippen molar-refractivity contribution in [2.24, 2.45) is 11.8 Å². The topological polar surface area (TPSA) is 35.6 Å². The van der Waals surface area contributed by atoms with Crippen molar-refractivity contribution in [1.29, 1.82) is 0 Å². The summed E-state index contributed by atoms with van der Waals surface area (Å²) in [6.07, 6.45) is -4.08. The quantitative estimate of drug-likeness (QED) is 0.782. The van der Waals surface area contributed by atoms with Crippen molar-refractivity contribution in [3.05, 3.63) is 59.7 Å². The lowest BCUT2D eigenvalue weighted by Crippen LogP contribution is -2.61. The Labute approximate surface area is 181 Å². The van der Waals surface area contributed by atoms with Crippen LogP contribution in [0.3, 0.4) is 0 Å². The number of anilines is 2. The molecule has 2 aromatic carbocycles. The van der Waals surface area contributed by atoms with Crippen LogP contribution in [0.5, 0.6) is 0 Å². The zero-order valence-electron chi connectivity index (χ0n) is 17.8. The Balaban J connectivity index is 1.66. The van der Waals surface area contributed by atoms with Gasteiger partial charge in [0.2, 0.25) is 5.91 Å². The number of fused-ring (bicyclic) bond motifs is 3. The number of nitrogens with one attached hydrogen (secondary N) is 1. The highest BCUT2D eigenvalue weighted by atomic mass is 19.4. The van der Waals surface area contributed by atoms with E-state index in [2.05, 4.69) is 27.2 Å². The van der Waals surface area contributed by atoms with Gasteiger partial charge in [-0.15, -0.1) is 0 Å². The standard InChI is InChI=1S/C24H28F3N3O/c1-16(2)14-28-23(31)20-13-17-12-18(24(25,26)27)8-9-21(17)30-11-10-29(15-22(20)30)19-6-4-3-5-7-19/h3-9,12,16,20,22H,10-11,13-15H2,1-2H3,(H,28,31)/t20-,22-/m1/s1. The third kappa shape index (κ3) is 4.50. The molecule has 2 aliphatic rings. The summed E-state index contributed by atoms with van der Waals surface area (Å²) >= 11 is 0. The second-order valence-corrected chi connectivity index (χ2v) is 8.83. The second kappa shape index (κ2) is 8.44. The van der Waals surface area contributed by atoms with Crippen molar-refractivity contribution in [2.75, 3.05) is 36.0 Å². The van der Waals surface area contributed by atoms with Crippen molar-refractivity contribution >= 4 is 17.3 Å². The summed E-state index contributed by atoms with van der Waals surface area (Å²) in [6.45, 7) is 6.67. The molecule has 2 heterocycles. The van der Waals surface area contributed by atoms with E-state index in [9.17, 15) is 18.0 Å². The fourth-order valence-electron chi connectivity index (χ4n) is 4.61. The van der Waals surface area contributed by atoms with Crippen LogP contribution in [0.1, 0.15) is 25.0 Å². The van der Waals surface area contributed by atoms with Gasteiger partial charge >= 0.3 is 6.18 Å². The molecule has 0 unspecified atom stereocenters. The second-order valence-electron chi connectivity index (χ2n) is 8.83. The number of hydrogen-bond acceptors (Lipinski definition) is 3. The monoisotopic (exact) mass is 431 g/mol. The fourth-order valence-corrected chi connectivity index (χ4v) is 4.61. The smallest absolute Gasteiger partial charge is 0.368 e. The molecule has 1 N–H and O–H groups in total. The molecule has 0 aliphatic carbocycles. The van der Waals surface area contributed by atoms with Gasteiger partial charge in [0, 0.05) is 37.6 Å². The molecule has 4 nitrogen and oxygen atoms in total. The summed E-state index contributed by atoms with van der Waals surface area (Å²) in [6, 6.07) is 13.9. The Morgan fingerprint density at radius 2 is 1.87 bits per heavy atom. The summed E-state index contributed by atoms with van der Waals surface area (Å²) in [5.41, 5.74) is 1.86. The van der Waals surface area contributed by atoms with Gasteiger partial charge in [0.05, 0.1) is 17.5 Å². The maximum absolute atomic E-state index is 13.3. The van der Waals surface area contributed by atoms with Gasteiger partial charge in [0.1, 0.15) is 0 Å². The van der Waals surface area contributed by atoms with Gasteiger partial charge in [-0.2, -0.15) is 13.2 Å². The summed E-state index contributed by atoms with van der Waals surface area (Å²) < 4.78 is 39.9. The number of carbonyl (C=O) groups is 1. The van der Waals surface area contributed by atoms with E-state index in [1.165, 1.54) is 6.07 Å². The van der Waals surface area contributed by atoms with Crippen LogP contribution in [-0.4, -0.2) is 38.1 Å². The average Bonchev–Trinajstić information content (AvgIpc) is 2.76. The minimum absolute atomic E-state index is 0.0818. The Kier molecular flexibility index (Phi) is 5.86. The molecule has 0 bridgehead atoms. The highest BCUT2D eigenvalue weighted by Crippen LogP contribution is 2.40. The van der Waals surface area contributed by atoms with Crippen LogP contribution in [0.4, 0.5) is 24.5 Å². The number of alkyl halides is 3. The Morgan fingerprint density at radius 3 is 2.55 bits per heavy atom. The van der Waals surface area contributed by atoms with Crippen LogP contribution >= 0.6 is 0 Å². The normalized spacial score (nSPS) is 21.0. The van der Waals surface area contributed by atoms with E-state index in [1.807, 2.05) is 32.0 Å². The highest BCUT2D eigenvalue weighted by molar-refractivity contribution is 5.82. The Hall–Kier alpha value is -2.70. The van der Waals surface area contributed by atoms with Gasteiger partial charge in [-0.05, 0) is 48.2 Å². The number of carbonyl (C=O) groups excluding carboxylic acids is 1. The van der Waals surface area contributed by atoms with Crippen molar-refractivity contribution in [3.8, 4) is 0 Å². The van der Waals surface area contributed by atoms with E-state index in [0.29, 0.717) is 37.5 Å². The molecule has 0 aromatic heterocycles. The lowest BCUT2D eigenvalue weighted by atomic mass is 9.82. The van der Waals surface area contributed by atoms with Crippen molar-refractivity contribution < 1.29 is 18.0 Å². The number of para-hydroxylation sites is 1. The first-order chi connectivity index (χ1) is 14.7. The summed E-state index contributed by atoms with van der Waals surface area (Å²) in [7, 11) is 0. The lowest BCUT2D eigenvalue weighted by molar-refractivity contribution is -0.137. The third-order valence-electron chi connectivity index (χ3n) is 6.18. The number of halogens is 3. The SMILES string of the molecule is CC(C)CNC(=O)[C@@H]1Cc2cc(C(F)(F)F)ccc2N2CCN(c3ccccc3)C[C@H]12. The minimum atomic E-state index is -4.40. The van der Waals surface area contributed by atoms with Crippen LogP contribution in [0, 0.1) is 11.8 Å². The van der Waals surface area contributed by atoms with E-state index in [1.54, 1.807) is 6.07 Å².